The molecule has 0 aliphatic carbocycles. The molecule has 2 rings (SSSR count). The molecule has 0 radical (unpaired) electrons. The minimum absolute atomic E-state index is 0.0858. The monoisotopic (exact) mass is 347 g/mol. The van der Waals surface area contributed by atoms with Gasteiger partial charge in [-0.1, -0.05) is 13.8 Å². The van der Waals surface area contributed by atoms with Crippen molar-refractivity contribution in [2.75, 3.05) is 51.1 Å². The van der Waals surface area contributed by atoms with Crippen LogP contribution in [0.2, 0.25) is 0 Å². The average molecular weight is 347 g/mol. The number of piperazine rings is 1. The molecule has 25 heavy (non-hydrogen) atoms. The fourth-order valence-electron chi connectivity index (χ4n) is 2.92. The van der Waals surface area contributed by atoms with Crippen LogP contribution in [0.1, 0.15) is 19.4 Å². The van der Waals surface area contributed by atoms with E-state index in [1.807, 2.05) is 0 Å². The van der Waals surface area contributed by atoms with Gasteiger partial charge < -0.3 is 20.4 Å². The highest BCUT2D eigenvalue weighted by atomic mass is 19.1. The van der Waals surface area contributed by atoms with Gasteiger partial charge in [-0.25, -0.2) is 9.18 Å². The van der Waals surface area contributed by atoms with Crippen molar-refractivity contribution in [3.05, 3.63) is 29.6 Å². The number of nitrogens with one attached hydrogen (secondary N) is 2. The summed E-state index contributed by atoms with van der Waals surface area (Å²) in [5.74, 6) is -0.257. The maximum absolute atomic E-state index is 13.3. The van der Waals surface area contributed by atoms with Crippen LogP contribution in [0.3, 0.4) is 0 Å². The molecule has 1 aromatic carbocycles. The molecule has 1 heterocycles. The molecule has 1 saturated heterocycles. The highest BCUT2D eigenvalue weighted by Gasteiger charge is 2.17. The second kappa shape index (κ2) is 9.35. The number of hydrogen-bond acceptors (Lipinski definition) is 4. The van der Waals surface area contributed by atoms with E-state index in [9.17, 15) is 9.18 Å². The van der Waals surface area contributed by atoms with E-state index in [1.54, 1.807) is 6.07 Å². The molecule has 2 amide bonds. The summed E-state index contributed by atoms with van der Waals surface area (Å²) >= 11 is 0. The van der Waals surface area contributed by atoms with Crippen LogP contribution < -0.4 is 10.6 Å². The minimum Gasteiger partial charge on any atom is -0.338 e. The molecule has 0 saturated carbocycles. The van der Waals surface area contributed by atoms with Crippen molar-refractivity contribution in [3.8, 4) is 6.07 Å². The molecule has 1 aliphatic rings. The lowest BCUT2D eigenvalue weighted by molar-refractivity contribution is 0.124. The lowest BCUT2D eigenvalue weighted by atomic mass is 10.1. The Hall–Kier alpha value is -2.17. The van der Waals surface area contributed by atoms with Crippen molar-refractivity contribution in [1.29, 1.82) is 5.26 Å². The molecule has 0 aromatic heterocycles. The summed E-state index contributed by atoms with van der Waals surface area (Å²) in [6, 6.07) is 5.34. The van der Waals surface area contributed by atoms with Gasteiger partial charge in [0.25, 0.3) is 0 Å². The van der Waals surface area contributed by atoms with Gasteiger partial charge in [0.2, 0.25) is 0 Å². The first kappa shape index (κ1) is 19.2. The van der Waals surface area contributed by atoms with Gasteiger partial charge in [0.1, 0.15) is 11.9 Å². The van der Waals surface area contributed by atoms with Gasteiger partial charge in [0.15, 0.2) is 0 Å². The van der Waals surface area contributed by atoms with E-state index in [-0.39, 0.29) is 11.6 Å². The quantitative estimate of drug-likeness (QED) is 0.827. The van der Waals surface area contributed by atoms with Gasteiger partial charge in [0.05, 0.1) is 5.56 Å². The Morgan fingerprint density at radius 3 is 2.64 bits per heavy atom. The molecule has 1 aliphatic heterocycles. The highest BCUT2D eigenvalue weighted by molar-refractivity contribution is 5.89. The van der Waals surface area contributed by atoms with Crippen molar-refractivity contribution in [3.63, 3.8) is 0 Å². The molecule has 7 heteroatoms. The summed E-state index contributed by atoms with van der Waals surface area (Å²) in [5.41, 5.74) is 0.316. The molecule has 2 N–H and O–H groups in total. The summed E-state index contributed by atoms with van der Waals surface area (Å²) in [6.45, 7) is 11.2. The van der Waals surface area contributed by atoms with Crippen LogP contribution in [0.5, 0.6) is 0 Å². The highest BCUT2D eigenvalue weighted by Crippen LogP contribution is 2.13. The molecular weight excluding hydrogens is 321 g/mol. The minimum atomic E-state index is -0.592. The van der Waals surface area contributed by atoms with E-state index < -0.39 is 5.82 Å². The first-order valence-corrected chi connectivity index (χ1v) is 8.71. The third kappa shape index (κ3) is 6.00. The molecule has 0 bridgehead atoms. The number of benzene rings is 1. The van der Waals surface area contributed by atoms with E-state index in [0.717, 1.165) is 39.3 Å². The van der Waals surface area contributed by atoms with Gasteiger partial charge in [-0.2, -0.15) is 5.26 Å². The van der Waals surface area contributed by atoms with Crippen molar-refractivity contribution < 1.29 is 9.18 Å². The number of urea groups is 1. The van der Waals surface area contributed by atoms with Crippen LogP contribution in [0.25, 0.3) is 0 Å². The number of carbonyl (C=O) groups is 1. The third-order valence-electron chi connectivity index (χ3n) is 4.44. The standard InChI is InChI=1S/C18H26FN5O/c1-3-23-6-8-24(9-7-23)13-14(2)12-21-18(25)22-16-4-5-17(19)15(10-16)11-20/h4-5,10,14H,3,6-9,12-13H2,1-2H3,(H2,21,22,25). The largest absolute Gasteiger partial charge is 0.338 e. The molecule has 1 atom stereocenters. The summed E-state index contributed by atoms with van der Waals surface area (Å²) in [5, 5.41) is 14.3. The zero-order valence-corrected chi connectivity index (χ0v) is 14.9. The van der Waals surface area contributed by atoms with Crippen molar-refractivity contribution in [1.82, 2.24) is 15.1 Å². The van der Waals surface area contributed by atoms with Gasteiger partial charge in [-0.15, -0.1) is 0 Å². The molecule has 1 unspecified atom stereocenters. The van der Waals surface area contributed by atoms with Crippen LogP contribution in [0, 0.1) is 23.1 Å². The first-order chi connectivity index (χ1) is 12.0. The SMILES string of the molecule is CCN1CCN(CC(C)CNC(=O)Nc2ccc(F)c(C#N)c2)CC1. The summed E-state index contributed by atoms with van der Waals surface area (Å²) in [6.07, 6.45) is 0. The van der Waals surface area contributed by atoms with Crippen molar-refractivity contribution >= 4 is 11.7 Å². The number of rotatable bonds is 6. The number of hydrogen-bond donors (Lipinski definition) is 2. The number of amides is 2. The van der Waals surface area contributed by atoms with E-state index >= 15 is 0 Å². The molecule has 0 spiro atoms. The van der Waals surface area contributed by atoms with Crippen LogP contribution in [-0.4, -0.2) is 61.6 Å². The number of nitrogens with zero attached hydrogens (tertiary/aromatic N) is 3. The Balaban J connectivity index is 1.72. The number of carbonyl (C=O) groups excluding carboxylic acids is 1. The average Bonchev–Trinajstić information content (AvgIpc) is 2.62. The van der Waals surface area contributed by atoms with Gasteiger partial charge >= 0.3 is 6.03 Å². The maximum Gasteiger partial charge on any atom is 0.319 e. The fourth-order valence-corrected chi connectivity index (χ4v) is 2.92. The van der Waals surface area contributed by atoms with Crippen molar-refractivity contribution in [2.24, 2.45) is 5.92 Å². The summed E-state index contributed by atoms with van der Waals surface area (Å²) in [4.78, 5) is 16.8. The molecule has 1 aromatic rings. The predicted octanol–water partition coefficient (Wildman–Crippen LogP) is 2.09. The Morgan fingerprint density at radius 2 is 2.00 bits per heavy atom. The van der Waals surface area contributed by atoms with E-state index in [4.69, 9.17) is 5.26 Å². The molecule has 1 fully saturated rings. The summed E-state index contributed by atoms with van der Waals surface area (Å²) < 4.78 is 13.3. The number of nitriles is 1. The van der Waals surface area contributed by atoms with Crippen LogP contribution >= 0.6 is 0 Å². The molecule has 136 valence electrons. The van der Waals surface area contributed by atoms with Crippen LogP contribution in [-0.2, 0) is 0 Å². The number of halogens is 1. The zero-order chi connectivity index (χ0) is 18.2. The zero-order valence-electron chi connectivity index (χ0n) is 14.9. The predicted molar refractivity (Wildman–Crippen MR) is 95.9 cm³/mol. The molecule has 6 nitrogen and oxygen atoms in total. The summed E-state index contributed by atoms with van der Waals surface area (Å²) in [7, 11) is 0. The normalized spacial score (nSPS) is 16.9. The smallest absolute Gasteiger partial charge is 0.319 e. The Bertz CT molecular complexity index is 622. The first-order valence-electron chi connectivity index (χ1n) is 8.71. The second-order valence-electron chi connectivity index (χ2n) is 6.48. The van der Waals surface area contributed by atoms with Crippen molar-refractivity contribution in [2.45, 2.75) is 13.8 Å². The lowest BCUT2D eigenvalue weighted by Crippen LogP contribution is -2.48. The molecular formula is C18H26FN5O. The fraction of sp³-hybridized carbons (Fsp3) is 0.556. The van der Waals surface area contributed by atoms with E-state index in [2.05, 4.69) is 34.3 Å². The van der Waals surface area contributed by atoms with E-state index in [0.29, 0.717) is 18.2 Å². The maximum atomic E-state index is 13.3. The number of likely N-dealkylation sites (N-methyl/N-ethyl adjacent to an activating group) is 1. The Kier molecular flexibility index (Phi) is 7.16. The lowest BCUT2D eigenvalue weighted by Gasteiger charge is -2.35. The second-order valence-corrected chi connectivity index (χ2v) is 6.48. The Labute approximate surface area is 148 Å². The third-order valence-corrected chi connectivity index (χ3v) is 4.44. The Morgan fingerprint density at radius 1 is 1.32 bits per heavy atom. The van der Waals surface area contributed by atoms with Gasteiger partial charge in [-0.05, 0) is 30.7 Å². The van der Waals surface area contributed by atoms with Crippen LogP contribution in [0.15, 0.2) is 18.2 Å². The number of anilines is 1. The van der Waals surface area contributed by atoms with Gasteiger partial charge in [0, 0.05) is 45.0 Å². The van der Waals surface area contributed by atoms with E-state index in [1.165, 1.54) is 18.2 Å². The van der Waals surface area contributed by atoms with Gasteiger partial charge in [-0.3, -0.25) is 0 Å². The van der Waals surface area contributed by atoms with Crippen LogP contribution in [0.4, 0.5) is 14.9 Å². The topological polar surface area (TPSA) is 71.4 Å².